The summed E-state index contributed by atoms with van der Waals surface area (Å²) in [6.07, 6.45) is 2.57. The zero-order valence-corrected chi connectivity index (χ0v) is 12.2. The molecule has 0 spiro atoms. The predicted octanol–water partition coefficient (Wildman–Crippen LogP) is 1.79. The lowest BCUT2D eigenvalue weighted by Crippen LogP contribution is -2.50. The first-order chi connectivity index (χ1) is 8.13. The van der Waals surface area contributed by atoms with Gasteiger partial charge in [-0.05, 0) is 27.2 Å². The molecule has 1 heterocycles. The molecule has 102 valence electrons. The zero-order valence-electron chi connectivity index (χ0n) is 12.2. The van der Waals surface area contributed by atoms with Crippen LogP contribution in [0.3, 0.4) is 0 Å². The Morgan fingerprint density at radius 3 is 2.24 bits per heavy atom. The van der Waals surface area contributed by atoms with E-state index in [1.54, 1.807) is 0 Å². The Kier molecular flexibility index (Phi) is 7.09. The fraction of sp³-hybridized carbons (Fsp3) is 1.00. The normalized spacial score (nSPS) is 21.0. The molecule has 1 aliphatic heterocycles. The number of nitrogens with one attached hydrogen (secondary N) is 1. The van der Waals surface area contributed by atoms with Crippen molar-refractivity contribution in [3.8, 4) is 0 Å². The molecule has 1 N–H and O–H groups in total. The summed E-state index contributed by atoms with van der Waals surface area (Å²) in [5.74, 6) is 0. The molecule has 0 aromatic heterocycles. The van der Waals surface area contributed by atoms with Crippen LogP contribution in [0.5, 0.6) is 0 Å². The molecular weight excluding hydrogens is 210 g/mol. The second-order valence-electron chi connectivity index (χ2n) is 5.62. The molecule has 1 atom stereocenters. The Bertz CT molecular complexity index is 186. The summed E-state index contributed by atoms with van der Waals surface area (Å²) in [5, 5.41) is 3.61. The van der Waals surface area contributed by atoms with Crippen LogP contribution in [0.4, 0.5) is 0 Å². The fourth-order valence-corrected chi connectivity index (χ4v) is 2.51. The van der Waals surface area contributed by atoms with E-state index >= 15 is 0 Å². The van der Waals surface area contributed by atoms with Crippen molar-refractivity contribution in [2.75, 3.05) is 39.3 Å². The van der Waals surface area contributed by atoms with Gasteiger partial charge in [0.1, 0.15) is 0 Å². The maximum atomic E-state index is 3.61. The summed E-state index contributed by atoms with van der Waals surface area (Å²) in [7, 11) is 0. The average Bonchev–Trinajstić information content (AvgIpc) is 2.30. The second-order valence-corrected chi connectivity index (χ2v) is 5.62. The molecule has 1 rings (SSSR count). The van der Waals surface area contributed by atoms with E-state index in [9.17, 15) is 0 Å². The van der Waals surface area contributed by atoms with Gasteiger partial charge in [0.15, 0.2) is 0 Å². The van der Waals surface area contributed by atoms with E-state index < -0.39 is 0 Å². The van der Waals surface area contributed by atoms with Crippen LogP contribution in [0.2, 0.25) is 0 Å². The third-order valence-corrected chi connectivity index (χ3v) is 3.78. The van der Waals surface area contributed by atoms with Crippen LogP contribution in [0.15, 0.2) is 0 Å². The molecule has 0 aliphatic carbocycles. The summed E-state index contributed by atoms with van der Waals surface area (Å²) in [6, 6.07) is 1.39. The van der Waals surface area contributed by atoms with E-state index in [-0.39, 0.29) is 0 Å². The van der Waals surface area contributed by atoms with E-state index in [0.29, 0.717) is 12.1 Å². The van der Waals surface area contributed by atoms with E-state index in [4.69, 9.17) is 0 Å². The van der Waals surface area contributed by atoms with Crippen molar-refractivity contribution in [3.05, 3.63) is 0 Å². The molecular formula is C14H31N3. The van der Waals surface area contributed by atoms with Gasteiger partial charge in [-0.1, -0.05) is 13.3 Å². The van der Waals surface area contributed by atoms with Crippen molar-refractivity contribution in [1.82, 2.24) is 15.1 Å². The SMILES string of the molecule is CCCC(C)NCCN1CCN(C(C)C)CC1. The Balaban J connectivity index is 2.06. The second kappa shape index (κ2) is 8.06. The minimum atomic E-state index is 0.678. The average molecular weight is 241 g/mol. The summed E-state index contributed by atoms with van der Waals surface area (Å²) < 4.78 is 0. The molecule has 1 fully saturated rings. The zero-order chi connectivity index (χ0) is 12.7. The largest absolute Gasteiger partial charge is 0.313 e. The monoisotopic (exact) mass is 241 g/mol. The number of hydrogen-bond acceptors (Lipinski definition) is 3. The van der Waals surface area contributed by atoms with Crippen molar-refractivity contribution in [2.24, 2.45) is 0 Å². The summed E-state index contributed by atoms with van der Waals surface area (Å²) in [6.45, 7) is 16.4. The van der Waals surface area contributed by atoms with E-state index in [0.717, 1.165) is 6.54 Å². The number of piperazine rings is 1. The highest BCUT2D eigenvalue weighted by atomic mass is 15.3. The van der Waals surface area contributed by atoms with Crippen LogP contribution < -0.4 is 5.32 Å². The van der Waals surface area contributed by atoms with Gasteiger partial charge in [-0.15, -0.1) is 0 Å². The Morgan fingerprint density at radius 1 is 1.06 bits per heavy atom. The quantitative estimate of drug-likeness (QED) is 0.733. The van der Waals surface area contributed by atoms with Gasteiger partial charge in [-0.3, -0.25) is 9.80 Å². The molecule has 0 aromatic carbocycles. The van der Waals surface area contributed by atoms with E-state index in [2.05, 4.69) is 42.8 Å². The minimum absolute atomic E-state index is 0.678. The van der Waals surface area contributed by atoms with E-state index in [1.807, 2.05) is 0 Å². The lowest BCUT2D eigenvalue weighted by atomic mass is 10.2. The van der Waals surface area contributed by atoms with Crippen molar-refractivity contribution < 1.29 is 0 Å². The number of rotatable bonds is 7. The molecule has 3 heteroatoms. The van der Waals surface area contributed by atoms with Gasteiger partial charge in [0, 0.05) is 51.4 Å². The first kappa shape index (κ1) is 14.9. The van der Waals surface area contributed by atoms with Gasteiger partial charge in [-0.25, -0.2) is 0 Å². The molecule has 1 aliphatic rings. The summed E-state index contributed by atoms with van der Waals surface area (Å²) in [4.78, 5) is 5.16. The van der Waals surface area contributed by atoms with Crippen LogP contribution in [0, 0.1) is 0 Å². The molecule has 1 unspecified atom stereocenters. The van der Waals surface area contributed by atoms with Crippen LogP contribution in [-0.4, -0.2) is 61.2 Å². The first-order valence-electron chi connectivity index (χ1n) is 7.33. The molecule has 0 aromatic rings. The van der Waals surface area contributed by atoms with Gasteiger partial charge in [-0.2, -0.15) is 0 Å². The highest BCUT2D eigenvalue weighted by Crippen LogP contribution is 2.05. The minimum Gasteiger partial charge on any atom is -0.313 e. The maximum absolute atomic E-state index is 3.61. The topological polar surface area (TPSA) is 18.5 Å². The van der Waals surface area contributed by atoms with Gasteiger partial charge >= 0.3 is 0 Å². The highest BCUT2D eigenvalue weighted by molar-refractivity contribution is 4.75. The lowest BCUT2D eigenvalue weighted by Gasteiger charge is -2.37. The fourth-order valence-electron chi connectivity index (χ4n) is 2.51. The molecule has 0 saturated carbocycles. The van der Waals surface area contributed by atoms with Crippen molar-refractivity contribution >= 4 is 0 Å². The molecule has 1 saturated heterocycles. The first-order valence-corrected chi connectivity index (χ1v) is 7.33. The van der Waals surface area contributed by atoms with Gasteiger partial charge < -0.3 is 5.32 Å². The van der Waals surface area contributed by atoms with Gasteiger partial charge in [0.05, 0.1) is 0 Å². The molecule has 17 heavy (non-hydrogen) atoms. The van der Waals surface area contributed by atoms with E-state index in [1.165, 1.54) is 45.6 Å². The smallest absolute Gasteiger partial charge is 0.0113 e. The summed E-state index contributed by atoms with van der Waals surface area (Å²) >= 11 is 0. The third-order valence-electron chi connectivity index (χ3n) is 3.78. The molecule has 3 nitrogen and oxygen atoms in total. The Labute approximate surface area is 108 Å². The van der Waals surface area contributed by atoms with Crippen LogP contribution in [-0.2, 0) is 0 Å². The van der Waals surface area contributed by atoms with Gasteiger partial charge in [0.25, 0.3) is 0 Å². The van der Waals surface area contributed by atoms with Crippen molar-refractivity contribution in [2.45, 2.75) is 52.6 Å². The van der Waals surface area contributed by atoms with Gasteiger partial charge in [0.2, 0.25) is 0 Å². The maximum Gasteiger partial charge on any atom is 0.0113 e. The predicted molar refractivity (Wildman–Crippen MR) is 75.5 cm³/mol. The Morgan fingerprint density at radius 2 is 1.71 bits per heavy atom. The third kappa shape index (κ3) is 5.84. The standard InChI is InChI=1S/C14H31N3/c1-5-6-14(4)15-7-8-16-9-11-17(12-10-16)13(2)3/h13-15H,5-12H2,1-4H3. The molecule has 0 amide bonds. The Hall–Kier alpha value is -0.120. The summed E-state index contributed by atoms with van der Waals surface area (Å²) in [5.41, 5.74) is 0. The van der Waals surface area contributed by atoms with Crippen molar-refractivity contribution in [3.63, 3.8) is 0 Å². The number of nitrogens with zero attached hydrogens (tertiary/aromatic N) is 2. The highest BCUT2D eigenvalue weighted by Gasteiger charge is 2.18. The van der Waals surface area contributed by atoms with Crippen LogP contribution >= 0.6 is 0 Å². The lowest BCUT2D eigenvalue weighted by molar-refractivity contribution is 0.108. The van der Waals surface area contributed by atoms with Crippen LogP contribution in [0.25, 0.3) is 0 Å². The van der Waals surface area contributed by atoms with Crippen molar-refractivity contribution in [1.29, 1.82) is 0 Å². The molecule has 0 radical (unpaired) electrons. The van der Waals surface area contributed by atoms with Crippen LogP contribution in [0.1, 0.15) is 40.5 Å². The number of hydrogen-bond donors (Lipinski definition) is 1. The molecule has 0 bridgehead atoms.